The largest absolute Gasteiger partial charge is 0.488 e. The Kier molecular flexibility index (Phi) is 6.78. The molecule has 1 aliphatic heterocycles. The van der Waals surface area contributed by atoms with Gasteiger partial charge in [0.2, 0.25) is 0 Å². The minimum Gasteiger partial charge on any atom is -0.390 e. The van der Waals surface area contributed by atoms with E-state index < -0.39 is 47.4 Å². The second kappa shape index (κ2) is 8.56. The van der Waals surface area contributed by atoms with E-state index in [-0.39, 0.29) is 12.2 Å². The maximum absolute atomic E-state index is 11.8. The Hall–Kier alpha value is -0.900. The van der Waals surface area contributed by atoms with Gasteiger partial charge in [-0.2, -0.15) is 4.31 Å². The van der Waals surface area contributed by atoms with E-state index >= 15 is 0 Å². The molecule has 0 bridgehead atoms. The van der Waals surface area contributed by atoms with Gasteiger partial charge in [0.25, 0.3) is 0 Å². The van der Waals surface area contributed by atoms with E-state index in [1.165, 1.54) is 17.2 Å². The van der Waals surface area contributed by atoms with Gasteiger partial charge < -0.3 is 35.2 Å². The van der Waals surface area contributed by atoms with Crippen molar-refractivity contribution in [3.05, 3.63) is 12.7 Å². The van der Waals surface area contributed by atoms with Crippen LogP contribution in [0.15, 0.2) is 12.7 Å². The van der Waals surface area contributed by atoms with Crippen LogP contribution in [0.4, 0.5) is 5.82 Å². The summed E-state index contributed by atoms with van der Waals surface area (Å²) in [5, 5.41) is 10.2. The van der Waals surface area contributed by atoms with E-state index in [0.29, 0.717) is 11.2 Å². The first-order chi connectivity index (χ1) is 13.8. The van der Waals surface area contributed by atoms with Crippen molar-refractivity contribution in [1.29, 1.82) is 0 Å². The number of hydrogen-bond acceptors (Lipinski definition) is 12. The van der Waals surface area contributed by atoms with Gasteiger partial charge in [-0.1, -0.05) is 0 Å². The lowest BCUT2D eigenvalue weighted by Gasteiger charge is -2.20. The van der Waals surface area contributed by atoms with Crippen molar-refractivity contribution >= 4 is 51.2 Å². The van der Waals surface area contributed by atoms with Crippen molar-refractivity contribution in [2.45, 2.75) is 24.9 Å². The number of aliphatic hydroxyl groups excluding tert-OH is 1. The second-order valence-electron chi connectivity index (χ2n) is 5.90. The lowest BCUT2D eigenvalue weighted by molar-refractivity contribution is -0.0423. The van der Waals surface area contributed by atoms with Crippen molar-refractivity contribution in [2.24, 2.45) is 0 Å². The van der Waals surface area contributed by atoms with E-state index in [1.807, 2.05) is 0 Å². The van der Waals surface area contributed by atoms with Gasteiger partial charge in [0.15, 0.2) is 11.5 Å². The molecule has 16 nitrogen and oxygen atoms in total. The maximum Gasteiger partial charge on any atom is 0.488 e. The number of fused-ring (bicyclic) bond motifs is 1. The molecule has 0 spiro atoms. The van der Waals surface area contributed by atoms with Crippen LogP contribution >= 0.6 is 22.4 Å². The van der Waals surface area contributed by atoms with Gasteiger partial charge in [-0.05, 0) is 11.8 Å². The zero-order valence-electron chi connectivity index (χ0n) is 14.6. The number of ether oxygens (including phenoxy) is 1. The molecule has 0 aliphatic carbocycles. The van der Waals surface area contributed by atoms with Gasteiger partial charge in [0.05, 0.1) is 19.0 Å². The standard InChI is InChI=1S/C10H16N5O11P3S/c11-9-8-10(13-3-12-9)15(4-14-8)7-1-5(16)6(24-7)2-23-27(17,18)25-28(19,20)26-29(21,22)30/h3-7,16H,1-2H2,(H,17,18)(H,19,20)(H2,11,12,13)(H2,21,22,30)/t5?,6-,7-/m1/s1. The van der Waals surface area contributed by atoms with Crippen molar-refractivity contribution in [3.63, 3.8) is 0 Å². The highest BCUT2D eigenvalue weighted by Gasteiger charge is 2.42. The molecule has 0 aromatic carbocycles. The maximum atomic E-state index is 11.8. The molecule has 30 heavy (non-hydrogen) atoms. The Bertz CT molecular complexity index is 1080. The number of nitrogens with zero attached hydrogens (tertiary/aromatic N) is 4. The molecule has 0 amide bonds. The topological polar surface area (TPSA) is 242 Å². The van der Waals surface area contributed by atoms with Crippen LogP contribution < -0.4 is 5.73 Å². The van der Waals surface area contributed by atoms with Crippen LogP contribution in [-0.2, 0) is 38.8 Å². The van der Waals surface area contributed by atoms with Crippen LogP contribution in [0.3, 0.4) is 0 Å². The Labute approximate surface area is 172 Å². The number of nitrogen functional groups attached to an aromatic ring is 1. The molecule has 7 N–H and O–H groups in total. The van der Waals surface area contributed by atoms with Gasteiger partial charge in [0.1, 0.15) is 24.2 Å². The molecule has 3 heterocycles. The van der Waals surface area contributed by atoms with Crippen LogP contribution in [-0.4, -0.2) is 63.0 Å². The second-order valence-corrected chi connectivity index (χ2v) is 11.7. The summed E-state index contributed by atoms with van der Waals surface area (Å²) in [6, 6.07) is 0. The molecule has 168 valence electrons. The molecule has 2 aromatic heterocycles. The Morgan fingerprint density at radius 2 is 1.90 bits per heavy atom. The highest BCUT2D eigenvalue weighted by molar-refractivity contribution is 8.08. The van der Waals surface area contributed by atoms with Gasteiger partial charge in [-0.15, -0.1) is 0 Å². The van der Waals surface area contributed by atoms with E-state index in [9.17, 15) is 24.0 Å². The molecule has 20 heteroatoms. The van der Waals surface area contributed by atoms with E-state index in [2.05, 4.69) is 39.9 Å². The van der Waals surface area contributed by atoms with Crippen LogP contribution in [0.25, 0.3) is 11.2 Å². The monoisotopic (exact) mass is 507 g/mol. The zero-order chi connectivity index (χ0) is 22.3. The minimum absolute atomic E-state index is 0.0273. The number of nitrogens with two attached hydrogens (primary N) is 1. The summed E-state index contributed by atoms with van der Waals surface area (Å²) >= 11 is 3.98. The summed E-state index contributed by atoms with van der Waals surface area (Å²) in [7, 11) is -10.7. The lowest BCUT2D eigenvalue weighted by atomic mass is 10.2. The molecule has 0 radical (unpaired) electrons. The molecule has 1 aliphatic rings. The third-order valence-corrected chi connectivity index (χ3v) is 8.12. The fraction of sp³-hybridized carbons (Fsp3) is 0.500. The number of phosphoric acid groups is 2. The number of hydrogen-bond donors (Lipinski definition) is 6. The van der Waals surface area contributed by atoms with Crippen molar-refractivity contribution in [2.75, 3.05) is 12.3 Å². The molecule has 1 saturated heterocycles. The Morgan fingerprint density at radius 3 is 2.57 bits per heavy atom. The molecular weight excluding hydrogens is 491 g/mol. The summed E-state index contributed by atoms with van der Waals surface area (Å²) in [6.45, 7) is -5.40. The number of imidazole rings is 1. The molecular formula is C10H16N5O11P3S. The van der Waals surface area contributed by atoms with Gasteiger partial charge in [-0.25, -0.2) is 28.4 Å². The summed E-state index contributed by atoms with van der Waals surface area (Å²) in [4.78, 5) is 48.4. The average molecular weight is 507 g/mol. The van der Waals surface area contributed by atoms with Crippen molar-refractivity contribution in [3.8, 4) is 0 Å². The SMILES string of the molecule is Nc1ncnc2c1ncn2[C@H]1CC(O)[C@@H](COP(=O)(O)OP(=O)(O)OP(O)(O)=S)O1. The number of rotatable bonds is 8. The quantitative estimate of drug-likeness (QED) is 0.247. The van der Waals surface area contributed by atoms with Crippen LogP contribution in [0.5, 0.6) is 0 Å². The fourth-order valence-electron chi connectivity index (χ4n) is 2.59. The number of aliphatic hydroxyl groups is 1. The Balaban J connectivity index is 1.64. The third kappa shape index (κ3) is 5.87. The average Bonchev–Trinajstić information content (AvgIpc) is 3.14. The molecule has 1 fully saturated rings. The van der Waals surface area contributed by atoms with Crippen LogP contribution in [0, 0.1) is 0 Å². The first-order valence-corrected chi connectivity index (χ1v) is 13.4. The summed E-state index contributed by atoms with van der Waals surface area (Å²) in [5.41, 5.74) is 6.36. The van der Waals surface area contributed by atoms with E-state index in [1.54, 1.807) is 0 Å². The van der Waals surface area contributed by atoms with Crippen LogP contribution in [0.2, 0.25) is 0 Å². The number of aromatic nitrogens is 4. The first-order valence-electron chi connectivity index (χ1n) is 7.81. The number of phosphoric ester groups is 1. The number of anilines is 1. The highest BCUT2D eigenvalue weighted by atomic mass is 32.5. The van der Waals surface area contributed by atoms with Gasteiger partial charge in [0, 0.05) is 6.42 Å². The summed E-state index contributed by atoms with van der Waals surface area (Å²) < 4.78 is 42.6. The predicted molar refractivity (Wildman–Crippen MR) is 101 cm³/mol. The Morgan fingerprint density at radius 1 is 1.20 bits per heavy atom. The fourth-order valence-corrected chi connectivity index (χ4v) is 6.38. The van der Waals surface area contributed by atoms with E-state index in [0.717, 1.165) is 0 Å². The van der Waals surface area contributed by atoms with Gasteiger partial charge in [-0.3, -0.25) is 9.09 Å². The van der Waals surface area contributed by atoms with E-state index in [4.69, 9.17) is 20.3 Å². The zero-order valence-corrected chi connectivity index (χ0v) is 18.1. The summed E-state index contributed by atoms with van der Waals surface area (Å²) in [5.74, 6) is 0.141. The smallest absolute Gasteiger partial charge is 0.390 e. The highest BCUT2D eigenvalue weighted by Crippen LogP contribution is 2.66. The minimum atomic E-state index is -5.43. The molecule has 2 aromatic rings. The predicted octanol–water partition coefficient (Wildman–Crippen LogP) is -0.483. The van der Waals surface area contributed by atoms with Gasteiger partial charge >= 0.3 is 22.4 Å². The molecule has 3 rings (SSSR count). The lowest BCUT2D eigenvalue weighted by Crippen LogP contribution is -2.26. The van der Waals surface area contributed by atoms with Crippen molar-refractivity contribution < 1.29 is 51.7 Å². The normalized spacial score (nSPS) is 26.5. The molecule has 0 saturated carbocycles. The molecule has 3 unspecified atom stereocenters. The van der Waals surface area contributed by atoms with Crippen molar-refractivity contribution in [1.82, 2.24) is 19.5 Å². The summed E-state index contributed by atoms with van der Waals surface area (Å²) in [6.07, 6.45) is -0.479. The molecule has 5 atom stereocenters. The third-order valence-electron chi connectivity index (χ3n) is 3.72. The van der Waals surface area contributed by atoms with Crippen LogP contribution in [0.1, 0.15) is 12.6 Å². The first kappa shape index (κ1) is 23.8.